The lowest BCUT2D eigenvalue weighted by molar-refractivity contribution is 0.0581. The number of ether oxygens (including phenoxy) is 2. The third-order valence-electron chi connectivity index (χ3n) is 4.17. The van der Waals surface area contributed by atoms with Gasteiger partial charge in [0, 0.05) is 26.3 Å². The summed E-state index contributed by atoms with van der Waals surface area (Å²) in [5, 5.41) is 0. The topological polar surface area (TPSA) is 38.8 Å². The average molecular weight is 309 g/mol. The number of hydrogen-bond acceptors (Lipinski definition) is 3. The number of nitrogens with zero attached hydrogens (tertiary/aromatic N) is 1. The number of methoxy groups -OCH3 is 2. The minimum atomic E-state index is -0.419. The highest BCUT2D eigenvalue weighted by Crippen LogP contribution is 2.27. The zero-order valence-corrected chi connectivity index (χ0v) is 13.3. The molecule has 1 atom stereocenters. The highest BCUT2D eigenvalue weighted by molar-refractivity contribution is 5.97. The van der Waals surface area contributed by atoms with Crippen molar-refractivity contribution in [3.8, 4) is 5.75 Å². The molecular formula is C17H24FNO3. The van der Waals surface area contributed by atoms with Gasteiger partial charge in [-0.3, -0.25) is 4.79 Å². The van der Waals surface area contributed by atoms with E-state index in [-0.39, 0.29) is 11.9 Å². The molecule has 0 saturated carbocycles. The van der Waals surface area contributed by atoms with Gasteiger partial charge in [-0.05, 0) is 50.3 Å². The maximum Gasteiger partial charge on any atom is 0.257 e. The van der Waals surface area contributed by atoms with Gasteiger partial charge in [0.05, 0.1) is 12.7 Å². The number of rotatable bonds is 6. The fraction of sp³-hybridized carbons (Fsp3) is 0.588. The van der Waals surface area contributed by atoms with Gasteiger partial charge in [-0.25, -0.2) is 4.39 Å². The molecule has 4 nitrogen and oxygen atoms in total. The highest BCUT2D eigenvalue weighted by Gasteiger charge is 2.28. The Labute approximate surface area is 131 Å². The molecular weight excluding hydrogens is 285 g/mol. The zero-order valence-electron chi connectivity index (χ0n) is 13.3. The molecule has 1 aliphatic rings. The van der Waals surface area contributed by atoms with Crippen molar-refractivity contribution in [2.75, 3.05) is 27.4 Å². The Morgan fingerprint density at radius 1 is 1.36 bits per heavy atom. The van der Waals surface area contributed by atoms with Crippen molar-refractivity contribution >= 4 is 5.91 Å². The molecule has 1 aliphatic heterocycles. The van der Waals surface area contributed by atoms with Crippen LogP contribution >= 0.6 is 0 Å². The molecule has 1 fully saturated rings. The molecule has 0 N–H and O–H groups in total. The first-order valence-corrected chi connectivity index (χ1v) is 7.80. The summed E-state index contributed by atoms with van der Waals surface area (Å²) in [5.74, 6) is -0.136. The fourth-order valence-electron chi connectivity index (χ4n) is 3.03. The summed E-state index contributed by atoms with van der Waals surface area (Å²) in [6, 6.07) is 4.28. The van der Waals surface area contributed by atoms with Crippen LogP contribution in [0.4, 0.5) is 4.39 Å². The van der Waals surface area contributed by atoms with Crippen LogP contribution in [-0.4, -0.2) is 44.2 Å². The maximum absolute atomic E-state index is 13.5. The van der Waals surface area contributed by atoms with Crippen molar-refractivity contribution in [1.82, 2.24) is 4.90 Å². The van der Waals surface area contributed by atoms with Crippen LogP contribution in [0.25, 0.3) is 0 Å². The second-order valence-electron chi connectivity index (χ2n) is 5.63. The highest BCUT2D eigenvalue weighted by atomic mass is 19.1. The molecule has 0 spiro atoms. The molecule has 1 aromatic carbocycles. The van der Waals surface area contributed by atoms with Gasteiger partial charge in [0.25, 0.3) is 5.91 Å². The summed E-state index contributed by atoms with van der Waals surface area (Å²) in [6.07, 6.45) is 4.95. The first-order valence-electron chi connectivity index (χ1n) is 7.80. The van der Waals surface area contributed by atoms with Gasteiger partial charge in [-0.2, -0.15) is 0 Å². The number of carbonyl (C=O) groups is 1. The lowest BCUT2D eigenvalue weighted by Crippen LogP contribution is -2.44. The van der Waals surface area contributed by atoms with Gasteiger partial charge in [-0.1, -0.05) is 0 Å². The third-order valence-corrected chi connectivity index (χ3v) is 4.17. The molecule has 1 aromatic rings. The Morgan fingerprint density at radius 2 is 2.18 bits per heavy atom. The second-order valence-corrected chi connectivity index (χ2v) is 5.63. The fourth-order valence-corrected chi connectivity index (χ4v) is 3.03. The largest absolute Gasteiger partial charge is 0.496 e. The van der Waals surface area contributed by atoms with Crippen molar-refractivity contribution in [1.29, 1.82) is 0 Å². The van der Waals surface area contributed by atoms with E-state index in [0.717, 1.165) is 38.6 Å². The van der Waals surface area contributed by atoms with Gasteiger partial charge in [0.2, 0.25) is 0 Å². The van der Waals surface area contributed by atoms with Crippen molar-refractivity contribution in [2.24, 2.45) is 0 Å². The number of hydrogen-bond donors (Lipinski definition) is 0. The van der Waals surface area contributed by atoms with Crippen molar-refractivity contribution < 1.29 is 18.7 Å². The summed E-state index contributed by atoms with van der Waals surface area (Å²) >= 11 is 0. The Kier molecular flexibility index (Phi) is 6.19. The molecule has 0 bridgehead atoms. The number of halogens is 1. The van der Waals surface area contributed by atoms with Gasteiger partial charge in [0.1, 0.15) is 11.6 Å². The molecule has 0 aromatic heterocycles. The zero-order chi connectivity index (χ0) is 15.9. The van der Waals surface area contributed by atoms with E-state index in [2.05, 4.69) is 0 Å². The smallest absolute Gasteiger partial charge is 0.257 e. The Morgan fingerprint density at radius 3 is 2.91 bits per heavy atom. The van der Waals surface area contributed by atoms with E-state index in [1.54, 1.807) is 7.11 Å². The quantitative estimate of drug-likeness (QED) is 0.757. The minimum Gasteiger partial charge on any atom is -0.496 e. The Balaban J connectivity index is 2.16. The number of benzene rings is 1. The van der Waals surface area contributed by atoms with E-state index in [9.17, 15) is 9.18 Å². The van der Waals surface area contributed by atoms with Crippen LogP contribution in [0.5, 0.6) is 5.75 Å². The van der Waals surface area contributed by atoms with Crippen LogP contribution < -0.4 is 4.74 Å². The number of piperidine rings is 1. The molecule has 1 heterocycles. The summed E-state index contributed by atoms with van der Waals surface area (Å²) in [5.41, 5.74) is 0.307. The number of amides is 1. The molecule has 122 valence electrons. The third kappa shape index (κ3) is 3.97. The molecule has 5 heteroatoms. The van der Waals surface area contributed by atoms with Crippen LogP contribution in [0.3, 0.4) is 0 Å². The van der Waals surface area contributed by atoms with E-state index in [4.69, 9.17) is 9.47 Å². The van der Waals surface area contributed by atoms with Crippen LogP contribution in [0.2, 0.25) is 0 Å². The maximum atomic E-state index is 13.5. The van der Waals surface area contributed by atoms with Crippen molar-refractivity contribution in [3.05, 3.63) is 29.6 Å². The van der Waals surface area contributed by atoms with Gasteiger partial charge in [-0.15, -0.1) is 0 Å². The molecule has 0 aliphatic carbocycles. The standard InChI is InChI=1S/C17H24FNO3/c1-21-11-5-7-14-6-3-4-10-19(14)17(20)15-12-13(18)8-9-16(15)22-2/h8-9,12,14H,3-7,10-11H2,1-2H3. The summed E-state index contributed by atoms with van der Waals surface area (Å²) < 4.78 is 23.8. The monoisotopic (exact) mass is 309 g/mol. The molecule has 1 amide bonds. The van der Waals surface area contributed by atoms with Crippen LogP contribution in [0.1, 0.15) is 42.5 Å². The minimum absolute atomic E-state index is 0.140. The molecule has 1 saturated heterocycles. The first-order chi connectivity index (χ1) is 10.7. The Bertz CT molecular complexity index is 507. The van der Waals surface area contributed by atoms with Crippen LogP contribution in [-0.2, 0) is 4.74 Å². The summed E-state index contributed by atoms with van der Waals surface area (Å²) in [4.78, 5) is 14.7. The van der Waals surface area contributed by atoms with Crippen LogP contribution in [0.15, 0.2) is 18.2 Å². The molecule has 1 unspecified atom stereocenters. The predicted octanol–water partition coefficient (Wildman–Crippen LogP) is 3.26. The molecule has 2 rings (SSSR count). The lowest BCUT2D eigenvalue weighted by Gasteiger charge is -2.36. The van der Waals surface area contributed by atoms with Gasteiger partial charge >= 0.3 is 0 Å². The number of likely N-dealkylation sites (tertiary alicyclic amines) is 1. The van der Waals surface area contributed by atoms with Crippen LogP contribution in [0, 0.1) is 5.82 Å². The predicted molar refractivity (Wildman–Crippen MR) is 82.7 cm³/mol. The van der Waals surface area contributed by atoms with Gasteiger partial charge in [0.15, 0.2) is 0 Å². The molecule has 0 radical (unpaired) electrons. The van der Waals surface area contributed by atoms with Crippen molar-refractivity contribution in [2.45, 2.75) is 38.1 Å². The van der Waals surface area contributed by atoms with Crippen molar-refractivity contribution in [3.63, 3.8) is 0 Å². The normalized spacial score (nSPS) is 18.3. The number of carbonyl (C=O) groups excluding carboxylic acids is 1. The lowest BCUT2D eigenvalue weighted by atomic mass is 9.97. The van der Waals surface area contributed by atoms with E-state index in [0.29, 0.717) is 17.9 Å². The summed E-state index contributed by atoms with van der Waals surface area (Å²) in [7, 11) is 3.18. The molecule has 22 heavy (non-hydrogen) atoms. The van der Waals surface area contributed by atoms with Gasteiger partial charge < -0.3 is 14.4 Å². The van der Waals surface area contributed by atoms with E-state index < -0.39 is 5.82 Å². The van der Waals surface area contributed by atoms with E-state index >= 15 is 0 Å². The van der Waals surface area contributed by atoms with E-state index in [1.165, 1.54) is 25.3 Å². The van der Waals surface area contributed by atoms with E-state index in [1.807, 2.05) is 4.90 Å². The SMILES string of the molecule is COCCCC1CCCCN1C(=O)c1cc(F)ccc1OC. The second kappa shape index (κ2) is 8.13. The average Bonchev–Trinajstić information content (AvgIpc) is 2.55. The first kappa shape index (κ1) is 16.7. The summed E-state index contributed by atoms with van der Waals surface area (Å²) in [6.45, 7) is 1.41. The Hall–Kier alpha value is -1.62.